The molecule has 4 heteroatoms. The smallest absolute Gasteiger partial charge is 0.334 e. The molecule has 7 atom stereocenters. The lowest BCUT2D eigenvalue weighted by Crippen LogP contribution is -2.52. The van der Waals surface area contributed by atoms with Gasteiger partial charge >= 0.3 is 11.9 Å². The van der Waals surface area contributed by atoms with Gasteiger partial charge < -0.3 is 9.47 Å². The van der Waals surface area contributed by atoms with Crippen molar-refractivity contribution in [3.05, 3.63) is 22.8 Å². The summed E-state index contributed by atoms with van der Waals surface area (Å²) in [5, 5.41) is 0. The van der Waals surface area contributed by atoms with Crippen molar-refractivity contribution in [3.8, 4) is 0 Å². The molecular weight excluding hydrogens is 388 g/mol. The number of methoxy groups -OCH3 is 2. The molecule has 0 heterocycles. The Bertz CT molecular complexity index is 853. The molecule has 4 saturated carbocycles. The van der Waals surface area contributed by atoms with Crippen LogP contribution in [0.4, 0.5) is 0 Å². The van der Waals surface area contributed by atoms with Crippen LogP contribution in [0.15, 0.2) is 22.8 Å². The van der Waals surface area contributed by atoms with Gasteiger partial charge in [0.1, 0.15) is 0 Å². The summed E-state index contributed by atoms with van der Waals surface area (Å²) in [5.41, 5.74) is 3.13. The minimum absolute atomic E-state index is 0.0148. The van der Waals surface area contributed by atoms with Gasteiger partial charge in [-0.15, -0.1) is 0 Å². The maximum atomic E-state index is 12.9. The van der Waals surface area contributed by atoms with Crippen molar-refractivity contribution < 1.29 is 19.1 Å². The van der Waals surface area contributed by atoms with Gasteiger partial charge in [0.25, 0.3) is 0 Å². The molecule has 4 fully saturated rings. The first-order chi connectivity index (χ1) is 14.8. The van der Waals surface area contributed by atoms with Gasteiger partial charge in [-0.3, -0.25) is 0 Å². The van der Waals surface area contributed by atoms with E-state index in [0.29, 0.717) is 28.9 Å². The summed E-state index contributed by atoms with van der Waals surface area (Å²) < 4.78 is 10.2. The van der Waals surface area contributed by atoms with Gasteiger partial charge in [-0.25, -0.2) is 9.59 Å². The molecule has 1 unspecified atom stereocenters. The molecule has 0 radical (unpaired) electrons. The van der Waals surface area contributed by atoms with Gasteiger partial charge in [0.2, 0.25) is 0 Å². The van der Waals surface area contributed by atoms with Crippen LogP contribution in [0, 0.1) is 40.4 Å². The van der Waals surface area contributed by atoms with E-state index >= 15 is 0 Å². The molecular formula is C27H38O4. The SMILES string of the molecule is COC(=O)C1=C(C(=O)OC)[C@@H]2C[C@H]3[C@@H]4CCC5CCCC[C@]5(C)[C@H]4CC[C@]3(C)C2=CC1. The number of ether oxygens (including phenoxy) is 2. The van der Waals surface area contributed by atoms with E-state index in [0.717, 1.165) is 24.2 Å². The first-order valence-electron chi connectivity index (χ1n) is 12.5. The highest BCUT2D eigenvalue weighted by atomic mass is 16.5. The van der Waals surface area contributed by atoms with E-state index in [1.807, 2.05) is 0 Å². The molecule has 0 amide bonds. The summed E-state index contributed by atoms with van der Waals surface area (Å²) in [6, 6.07) is 0. The van der Waals surface area contributed by atoms with Crippen LogP contribution < -0.4 is 0 Å². The van der Waals surface area contributed by atoms with E-state index in [4.69, 9.17) is 9.47 Å². The highest BCUT2D eigenvalue weighted by Gasteiger charge is 2.61. The van der Waals surface area contributed by atoms with Gasteiger partial charge in [0.05, 0.1) is 25.4 Å². The predicted molar refractivity (Wildman–Crippen MR) is 119 cm³/mol. The largest absolute Gasteiger partial charge is 0.466 e. The lowest BCUT2D eigenvalue weighted by atomic mass is 9.45. The molecule has 0 aromatic rings. The van der Waals surface area contributed by atoms with Crippen molar-refractivity contribution in [1.82, 2.24) is 0 Å². The molecule has 0 spiro atoms. The molecule has 5 rings (SSSR count). The summed E-state index contributed by atoms with van der Waals surface area (Å²) in [4.78, 5) is 25.3. The number of rotatable bonds is 2. The minimum atomic E-state index is -0.385. The number of fused-ring (bicyclic) bond motifs is 7. The lowest BCUT2D eigenvalue weighted by molar-refractivity contribution is -0.139. The molecule has 5 aliphatic carbocycles. The third-order valence-electron chi connectivity index (χ3n) is 10.5. The number of esters is 2. The second-order valence-electron chi connectivity index (χ2n) is 11.4. The van der Waals surface area contributed by atoms with Crippen LogP contribution in [-0.2, 0) is 19.1 Å². The minimum Gasteiger partial charge on any atom is -0.466 e. The third kappa shape index (κ3) is 2.92. The fraction of sp³-hybridized carbons (Fsp3) is 0.778. The first-order valence-corrected chi connectivity index (χ1v) is 12.5. The Labute approximate surface area is 186 Å². The summed E-state index contributed by atoms with van der Waals surface area (Å²) in [6.45, 7) is 5.06. The standard InChI is InChI=1S/C27H38O4/c1-26-13-6-5-7-16(26)8-9-17-21(26)12-14-27(2)20-11-10-18(24(28)30-3)23(25(29)31-4)19(20)15-22(17)27/h11,16-17,19,21-22H,5-10,12-15H2,1-4H3/t16?,17-,19-,21+,22+,26+,27-/m1/s1. The lowest BCUT2D eigenvalue weighted by Gasteiger charge is -2.60. The average Bonchev–Trinajstić information content (AvgIpc) is 3.09. The van der Waals surface area contributed by atoms with E-state index < -0.39 is 0 Å². The number of carbonyl (C=O) groups excluding carboxylic acids is 2. The summed E-state index contributed by atoms with van der Waals surface area (Å²) >= 11 is 0. The Kier molecular flexibility index (Phi) is 5.14. The number of allylic oxidation sites excluding steroid dienone is 2. The van der Waals surface area contributed by atoms with Crippen LogP contribution in [0.5, 0.6) is 0 Å². The van der Waals surface area contributed by atoms with Crippen LogP contribution in [0.2, 0.25) is 0 Å². The topological polar surface area (TPSA) is 52.6 Å². The Balaban J connectivity index is 1.51. The van der Waals surface area contributed by atoms with Crippen molar-refractivity contribution in [2.24, 2.45) is 40.4 Å². The van der Waals surface area contributed by atoms with Crippen LogP contribution in [0.1, 0.15) is 78.1 Å². The van der Waals surface area contributed by atoms with Crippen molar-refractivity contribution >= 4 is 11.9 Å². The number of hydrogen-bond acceptors (Lipinski definition) is 4. The van der Waals surface area contributed by atoms with Crippen molar-refractivity contribution in [3.63, 3.8) is 0 Å². The fourth-order valence-corrected chi connectivity index (χ4v) is 9.06. The van der Waals surface area contributed by atoms with Crippen LogP contribution in [-0.4, -0.2) is 26.2 Å². The molecule has 5 aliphatic rings. The van der Waals surface area contributed by atoms with E-state index in [9.17, 15) is 9.59 Å². The molecule has 4 nitrogen and oxygen atoms in total. The normalized spacial score (nSPS) is 43.7. The Morgan fingerprint density at radius 1 is 0.935 bits per heavy atom. The average molecular weight is 427 g/mol. The quantitative estimate of drug-likeness (QED) is 0.425. The Hall–Kier alpha value is -1.58. The zero-order valence-electron chi connectivity index (χ0n) is 19.7. The number of carbonyl (C=O) groups is 2. The maximum Gasteiger partial charge on any atom is 0.334 e. The highest BCUT2D eigenvalue weighted by molar-refractivity contribution is 6.02. The summed E-state index contributed by atoms with van der Waals surface area (Å²) in [7, 11) is 2.82. The molecule has 0 aromatic carbocycles. The van der Waals surface area contributed by atoms with E-state index in [-0.39, 0.29) is 23.3 Å². The van der Waals surface area contributed by atoms with Crippen LogP contribution in [0.3, 0.4) is 0 Å². The second-order valence-corrected chi connectivity index (χ2v) is 11.4. The fourth-order valence-electron chi connectivity index (χ4n) is 9.06. The zero-order chi connectivity index (χ0) is 22.0. The van der Waals surface area contributed by atoms with E-state index in [1.54, 1.807) is 0 Å². The monoisotopic (exact) mass is 426 g/mol. The van der Waals surface area contributed by atoms with Gasteiger partial charge in [-0.05, 0) is 85.9 Å². The Morgan fingerprint density at radius 3 is 2.45 bits per heavy atom. The second kappa shape index (κ2) is 7.49. The first kappa shape index (κ1) is 21.3. The molecule has 0 bridgehead atoms. The molecule has 31 heavy (non-hydrogen) atoms. The highest BCUT2D eigenvalue weighted by Crippen LogP contribution is 2.69. The summed E-state index contributed by atoms with van der Waals surface area (Å²) in [5.74, 6) is 2.34. The van der Waals surface area contributed by atoms with Crippen LogP contribution in [0.25, 0.3) is 0 Å². The maximum absolute atomic E-state index is 12.9. The van der Waals surface area contributed by atoms with Gasteiger partial charge in [-0.2, -0.15) is 0 Å². The van der Waals surface area contributed by atoms with Gasteiger partial charge in [-0.1, -0.05) is 38.3 Å². The Morgan fingerprint density at radius 2 is 1.71 bits per heavy atom. The van der Waals surface area contributed by atoms with Crippen LogP contribution >= 0.6 is 0 Å². The van der Waals surface area contributed by atoms with Crippen molar-refractivity contribution in [2.45, 2.75) is 78.1 Å². The zero-order valence-corrected chi connectivity index (χ0v) is 19.7. The third-order valence-corrected chi connectivity index (χ3v) is 10.5. The molecule has 170 valence electrons. The molecule has 0 N–H and O–H groups in total. The van der Waals surface area contributed by atoms with E-state index in [2.05, 4.69) is 19.9 Å². The van der Waals surface area contributed by atoms with Gasteiger partial charge in [0.15, 0.2) is 0 Å². The summed E-state index contributed by atoms with van der Waals surface area (Å²) in [6.07, 6.45) is 14.6. The van der Waals surface area contributed by atoms with Crippen molar-refractivity contribution in [1.29, 1.82) is 0 Å². The predicted octanol–water partition coefficient (Wildman–Crippen LogP) is 5.62. The molecule has 0 aliphatic heterocycles. The number of hydrogen-bond donors (Lipinski definition) is 0. The molecule has 0 saturated heterocycles. The van der Waals surface area contributed by atoms with E-state index in [1.165, 1.54) is 71.2 Å². The van der Waals surface area contributed by atoms with Crippen molar-refractivity contribution in [2.75, 3.05) is 14.2 Å². The molecule has 0 aromatic heterocycles. The van der Waals surface area contributed by atoms with Gasteiger partial charge in [0, 0.05) is 5.92 Å².